The van der Waals surface area contributed by atoms with Gasteiger partial charge >= 0.3 is 0 Å². The van der Waals surface area contributed by atoms with Crippen molar-refractivity contribution >= 4 is 15.9 Å². The summed E-state index contributed by atoms with van der Waals surface area (Å²) in [5.74, 6) is -2.81. The van der Waals surface area contributed by atoms with Gasteiger partial charge in [-0.05, 0) is 35.9 Å². The van der Waals surface area contributed by atoms with Gasteiger partial charge in [-0.25, -0.2) is 17.6 Å². The summed E-state index contributed by atoms with van der Waals surface area (Å²) in [6.07, 6.45) is 0. The van der Waals surface area contributed by atoms with Crippen molar-refractivity contribution in [1.29, 1.82) is 0 Å². The molecule has 94 valence electrons. The van der Waals surface area contributed by atoms with Gasteiger partial charge < -0.3 is 0 Å². The van der Waals surface area contributed by atoms with Crippen LogP contribution < -0.4 is 0 Å². The first-order valence-corrected chi connectivity index (χ1v) is 5.94. The van der Waals surface area contributed by atoms with Gasteiger partial charge in [-0.1, -0.05) is 15.9 Å². The van der Waals surface area contributed by atoms with Crippen LogP contribution in [0.25, 0.3) is 0 Å². The Morgan fingerprint density at radius 3 is 2.00 bits per heavy atom. The van der Waals surface area contributed by atoms with Gasteiger partial charge in [-0.2, -0.15) is 0 Å². The third kappa shape index (κ3) is 2.72. The van der Waals surface area contributed by atoms with E-state index >= 15 is 0 Å². The van der Waals surface area contributed by atoms with Crippen molar-refractivity contribution in [2.24, 2.45) is 0 Å². The lowest BCUT2D eigenvalue weighted by molar-refractivity contribution is 0.576. The van der Waals surface area contributed by atoms with Crippen LogP contribution in [-0.2, 0) is 0 Å². The van der Waals surface area contributed by atoms with Gasteiger partial charge in [0, 0.05) is 11.6 Å². The van der Waals surface area contributed by atoms with Gasteiger partial charge in [-0.15, -0.1) is 0 Å². The van der Waals surface area contributed by atoms with Crippen molar-refractivity contribution < 1.29 is 17.6 Å². The third-order valence-corrected chi connectivity index (χ3v) is 3.43. The molecule has 18 heavy (non-hydrogen) atoms. The molecule has 0 amide bonds. The molecular formula is C13H7BrF4. The van der Waals surface area contributed by atoms with E-state index in [0.717, 1.165) is 30.3 Å². The SMILES string of the molecule is Fc1cc(F)cc(C(Br)c2cc(F)ccc2F)c1. The number of halogens is 5. The summed E-state index contributed by atoms with van der Waals surface area (Å²) in [6, 6.07) is 5.77. The van der Waals surface area contributed by atoms with Crippen LogP contribution in [0.3, 0.4) is 0 Å². The van der Waals surface area contributed by atoms with Crippen LogP contribution in [0, 0.1) is 23.3 Å². The molecule has 0 N–H and O–H groups in total. The van der Waals surface area contributed by atoms with E-state index in [1.165, 1.54) is 0 Å². The molecule has 0 aliphatic carbocycles. The Bertz CT molecular complexity index is 563. The van der Waals surface area contributed by atoms with Crippen molar-refractivity contribution in [3.63, 3.8) is 0 Å². The van der Waals surface area contributed by atoms with Gasteiger partial charge in [0.05, 0.1) is 4.83 Å². The fraction of sp³-hybridized carbons (Fsp3) is 0.0769. The van der Waals surface area contributed by atoms with E-state index in [1.807, 2.05) is 0 Å². The first-order chi connectivity index (χ1) is 8.47. The number of rotatable bonds is 2. The van der Waals surface area contributed by atoms with E-state index in [2.05, 4.69) is 15.9 Å². The summed E-state index contributed by atoms with van der Waals surface area (Å²) in [7, 11) is 0. The molecule has 1 unspecified atom stereocenters. The van der Waals surface area contributed by atoms with Crippen LogP contribution in [0.5, 0.6) is 0 Å². The molecule has 2 rings (SSSR count). The first kappa shape index (κ1) is 13.1. The van der Waals surface area contributed by atoms with Crippen LogP contribution in [0.15, 0.2) is 36.4 Å². The average molecular weight is 319 g/mol. The highest BCUT2D eigenvalue weighted by molar-refractivity contribution is 9.09. The van der Waals surface area contributed by atoms with Crippen molar-refractivity contribution in [2.45, 2.75) is 4.83 Å². The minimum atomic E-state index is -0.821. The Morgan fingerprint density at radius 2 is 1.39 bits per heavy atom. The highest BCUT2D eigenvalue weighted by Crippen LogP contribution is 2.33. The molecular weight excluding hydrogens is 312 g/mol. The van der Waals surface area contributed by atoms with Gasteiger partial charge in [0.1, 0.15) is 23.3 Å². The Hall–Kier alpha value is -1.36. The zero-order valence-corrected chi connectivity index (χ0v) is 10.5. The van der Waals surface area contributed by atoms with Crippen molar-refractivity contribution in [1.82, 2.24) is 0 Å². The van der Waals surface area contributed by atoms with Gasteiger partial charge in [0.25, 0.3) is 0 Å². The lowest BCUT2D eigenvalue weighted by Gasteiger charge is -2.12. The number of alkyl halides is 1. The van der Waals surface area contributed by atoms with Crippen LogP contribution in [0.2, 0.25) is 0 Å². The lowest BCUT2D eigenvalue weighted by atomic mass is 10.0. The van der Waals surface area contributed by atoms with Crippen molar-refractivity contribution in [2.75, 3.05) is 0 Å². The summed E-state index contributed by atoms with van der Waals surface area (Å²) in [5, 5.41) is 0. The highest BCUT2D eigenvalue weighted by Gasteiger charge is 2.17. The second-order valence-electron chi connectivity index (χ2n) is 3.73. The molecule has 0 heterocycles. The summed E-state index contributed by atoms with van der Waals surface area (Å²) >= 11 is 3.11. The van der Waals surface area contributed by atoms with Crippen molar-refractivity contribution in [3.8, 4) is 0 Å². The van der Waals surface area contributed by atoms with Crippen molar-refractivity contribution in [3.05, 3.63) is 70.8 Å². The quantitative estimate of drug-likeness (QED) is 0.555. The second-order valence-corrected chi connectivity index (χ2v) is 4.65. The predicted molar refractivity (Wildman–Crippen MR) is 63.5 cm³/mol. The number of hydrogen-bond acceptors (Lipinski definition) is 0. The Morgan fingerprint density at radius 1 is 0.778 bits per heavy atom. The van der Waals surface area contributed by atoms with Crippen LogP contribution in [0.4, 0.5) is 17.6 Å². The molecule has 0 fully saturated rings. The zero-order chi connectivity index (χ0) is 13.3. The lowest BCUT2D eigenvalue weighted by Crippen LogP contribution is -1.99. The highest BCUT2D eigenvalue weighted by atomic mass is 79.9. The molecule has 0 saturated carbocycles. The van der Waals surface area contributed by atoms with Gasteiger partial charge in [0.15, 0.2) is 0 Å². The molecule has 0 nitrogen and oxygen atoms in total. The first-order valence-electron chi connectivity index (χ1n) is 5.02. The maximum absolute atomic E-state index is 13.5. The Balaban J connectivity index is 2.47. The van der Waals surface area contributed by atoms with E-state index in [-0.39, 0.29) is 11.1 Å². The number of hydrogen-bond donors (Lipinski definition) is 0. The van der Waals surface area contributed by atoms with E-state index in [1.54, 1.807) is 0 Å². The fourth-order valence-electron chi connectivity index (χ4n) is 1.61. The van der Waals surface area contributed by atoms with Gasteiger partial charge in [0.2, 0.25) is 0 Å². The number of benzene rings is 2. The molecule has 1 atom stereocenters. The summed E-state index contributed by atoms with van der Waals surface area (Å²) in [4.78, 5) is -0.821. The zero-order valence-electron chi connectivity index (χ0n) is 8.93. The summed E-state index contributed by atoms with van der Waals surface area (Å²) < 4.78 is 52.7. The average Bonchev–Trinajstić information content (AvgIpc) is 2.30. The minimum absolute atomic E-state index is 0.0139. The molecule has 0 saturated heterocycles. The monoisotopic (exact) mass is 318 g/mol. The predicted octanol–water partition coefficient (Wildman–Crippen LogP) is 4.73. The van der Waals surface area contributed by atoms with Crippen LogP contribution in [-0.4, -0.2) is 0 Å². The fourth-order valence-corrected chi connectivity index (χ4v) is 2.23. The molecule has 0 bridgehead atoms. The Labute approximate surface area is 109 Å². The van der Waals surface area contributed by atoms with Crippen LogP contribution in [0.1, 0.15) is 16.0 Å². The topological polar surface area (TPSA) is 0 Å². The van der Waals surface area contributed by atoms with E-state index in [0.29, 0.717) is 6.07 Å². The maximum atomic E-state index is 13.5. The summed E-state index contributed by atoms with van der Waals surface area (Å²) in [5.41, 5.74) is 0.164. The van der Waals surface area contributed by atoms with E-state index in [4.69, 9.17) is 0 Å². The molecule has 0 aliphatic heterocycles. The Kier molecular flexibility index (Phi) is 3.71. The van der Waals surface area contributed by atoms with E-state index in [9.17, 15) is 17.6 Å². The van der Waals surface area contributed by atoms with Crippen LogP contribution >= 0.6 is 15.9 Å². The third-order valence-electron chi connectivity index (χ3n) is 2.41. The molecule has 2 aromatic rings. The smallest absolute Gasteiger partial charge is 0.128 e. The molecule has 2 aromatic carbocycles. The molecule has 0 aliphatic rings. The van der Waals surface area contributed by atoms with E-state index < -0.39 is 28.1 Å². The minimum Gasteiger partial charge on any atom is -0.207 e. The molecule has 0 aromatic heterocycles. The van der Waals surface area contributed by atoms with Gasteiger partial charge in [-0.3, -0.25) is 0 Å². The second kappa shape index (κ2) is 5.10. The molecule has 5 heteroatoms. The molecule has 0 radical (unpaired) electrons. The molecule has 0 spiro atoms. The summed E-state index contributed by atoms with van der Waals surface area (Å²) in [6.45, 7) is 0. The standard InChI is InChI=1S/C13H7BrF4/c14-13(7-3-9(16)5-10(17)4-7)11-6-8(15)1-2-12(11)18/h1-6,13H. The normalized spacial score (nSPS) is 12.5. The maximum Gasteiger partial charge on any atom is 0.128 e. The largest absolute Gasteiger partial charge is 0.207 e.